The molecule has 0 amide bonds. The van der Waals surface area contributed by atoms with Crippen LogP contribution in [0.3, 0.4) is 0 Å². The summed E-state index contributed by atoms with van der Waals surface area (Å²) in [5, 5.41) is 0. The van der Waals surface area contributed by atoms with Crippen LogP contribution in [0.25, 0.3) is 0 Å². The maximum absolute atomic E-state index is 13.8. The lowest BCUT2D eigenvalue weighted by atomic mass is 9.69. The van der Waals surface area contributed by atoms with E-state index in [9.17, 15) is 4.79 Å². The molecule has 1 unspecified atom stereocenters. The van der Waals surface area contributed by atoms with E-state index in [0.29, 0.717) is 19.3 Å². The van der Waals surface area contributed by atoms with Crippen molar-refractivity contribution >= 4 is 5.78 Å². The molecule has 0 saturated carbocycles. The Labute approximate surface area is 180 Å². The van der Waals surface area contributed by atoms with Gasteiger partial charge in [0.1, 0.15) is 0 Å². The first-order chi connectivity index (χ1) is 14.6. The Morgan fingerprint density at radius 1 is 0.700 bits per heavy atom. The largest absolute Gasteiger partial charge is 0.289 e. The van der Waals surface area contributed by atoms with Gasteiger partial charge in [-0.2, -0.15) is 0 Å². The fourth-order valence-electron chi connectivity index (χ4n) is 4.87. The van der Waals surface area contributed by atoms with Crippen molar-refractivity contribution in [1.29, 1.82) is 0 Å². The van der Waals surface area contributed by atoms with Gasteiger partial charge in [-0.15, -0.1) is 32.9 Å². The average Bonchev–Trinajstić information content (AvgIpc) is 2.75. The van der Waals surface area contributed by atoms with Crippen molar-refractivity contribution in [3.63, 3.8) is 0 Å². The third-order valence-corrected chi connectivity index (χ3v) is 5.94. The van der Waals surface area contributed by atoms with E-state index in [0.717, 1.165) is 40.7 Å². The van der Waals surface area contributed by atoms with Crippen LogP contribution < -0.4 is 0 Å². The Morgan fingerprint density at radius 2 is 1.23 bits per heavy atom. The van der Waals surface area contributed by atoms with E-state index in [1.165, 1.54) is 16.7 Å². The van der Waals surface area contributed by atoms with Crippen LogP contribution in [-0.4, -0.2) is 5.78 Å². The van der Waals surface area contributed by atoms with E-state index in [1.54, 1.807) is 0 Å². The molecule has 0 aromatic heterocycles. The highest BCUT2D eigenvalue weighted by molar-refractivity contribution is 6.14. The molecule has 0 radical (unpaired) electrons. The summed E-state index contributed by atoms with van der Waals surface area (Å²) in [6.07, 6.45) is 13.3. The monoisotopic (exact) mass is 394 g/mol. The van der Waals surface area contributed by atoms with Crippen LogP contribution in [0.15, 0.2) is 87.5 Å². The molecule has 0 spiro atoms. The summed E-state index contributed by atoms with van der Waals surface area (Å²) in [7, 11) is 0. The molecule has 0 saturated heterocycles. The van der Waals surface area contributed by atoms with Gasteiger partial charge < -0.3 is 0 Å². The number of allylic oxidation sites excluding steroid dienone is 5. The average molecular weight is 395 g/mol. The highest BCUT2D eigenvalue weighted by atomic mass is 16.1. The SMILES string of the molecule is C=CCc1c(CC=C)c(CC=C)c2c(c1CC=C)C(=O)c1ccccc1C2CC=C. The van der Waals surface area contributed by atoms with Gasteiger partial charge in [-0.05, 0) is 65.5 Å². The van der Waals surface area contributed by atoms with E-state index in [-0.39, 0.29) is 11.7 Å². The number of hydrogen-bond acceptors (Lipinski definition) is 1. The van der Waals surface area contributed by atoms with Gasteiger partial charge in [-0.25, -0.2) is 0 Å². The van der Waals surface area contributed by atoms with E-state index < -0.39 is 0 Å². The summed E-state index contributed by atoms with van der Waals surface area (Å²) in [4.78, 5) is 13.8. The van der Waals surface area contributed by atoms with Gasteiger partial charge in [0.05, 0.1) is 0 Å². The Morgan fingerprint density at radius 3 is 1.83 bits per heavy atom. The predicted octanol–water partition coefficient (Wildman–Crippen LogP) is 6.85. The molecular formula is C29H30O. The highest BCUT2D eigenvalue weighted by Gasteiger charge is 2.36. The van der Waals surface area contributed by atoms with E-state index in [4.69, 9.17) is 0 Å². The summed E-state index contributed by atoms with van der Waals surface area (Å²) in [6, 6.07) is 8.00. The molecule has 2 aromatic rings. The van der Waals surface area contributed by atoms with Gasteiger partial charge in [-0.3, -0.25) is 4.79 Å². The number of fused-ring (bicyclic) bond motifs is 2. The predicted molar refractivity (Wildman–Crippen MR) is 129 cm³/mol. The highest BCUT2D eigenvalue weighted by Crippen LogP contribution is 2.45. The van der Waals surface area contributed by atoms with Crippen molar-refractivity contribution in [2.45, 2.75) is 38.0 Å². The number of benzene rings is 2. The smallest absolute Gasteiger partial charge is 0.193 e. The van der Waals surface area contributed by atoms with Gasteiger partial charge in [0.2, 0.25) is 0 Å². The summed E-state index contributed by atoms with van der Waals surface area (Å²) in [6.45, 7) is 20.0. The molecule has 0 N–H and O–H groups in total. The molecule has 0 bridgehead atoms. The van der Waals surface area contributed by atoms with E-state index >= 15 is 0 Å². The number of hydrogen-bond donors (Lipinski definition) is 0. The Hall–Kier alpha value is -3.19. The molecule has 1 heteroatoms. The quantitative estimate of drug-likeness (QED) is 0.403. The maximum atomic E-state index is 13.8. The van der Waals surface area contributed by atoms with Gasteiger partial charge in [-0.1, -0.05) is 54.6 Å². The minimum absolute atomic E-state index is 0.103. The number of carbonyl (C=O) groups is 1. The maximum Gasteiger partial charge on any atom is 0.193 e. The topological polar surface area (TPSA) is 17.1 Å². The van der Waals surface area contributed by atoms with Crippen molar-refractivity contribution in [3.05, 3.63) is 132 Å². The molecule has 152 valence electrons. The summed E-state index contributed by atoms with van der Waals surface area (Å²) < 4.78 is 0. The molecule has 0 fully saturated rings. The molecule has 0 aliphatic heterocycles. The van der Waals surface area contributed by atoms with Crippen LogP contribution in [-0.2, 0) is 25.7 Å². The van der Waals surface area contributed by atoms with Crippen LogP contribution in [0, 0.1) is 0 Å². The van der Waals surface area contributed by atoms with Gasteiger partial charge in [0.25, 0.3) is 0 Å². The second-order valence-electron chi connectivity index (χ2n) is 7.67. The van der Waals surface area contributed by atoms with Gasteiger partial charge in [0, 0.05) is 17.0 Å². The second-order valence-corrected chi connectivity index (χ2v) is 7.67. The Balaban J connectivity index is 2.52. The molecule has 2 aromatic carbocycles. The zero-order valence-electron chi connectivity index (χ0n) is 17.8. The lowest BCUT2D eigenvalue weighted by molar-refractivity contribution is 0.103. The van der Waals surface area contributed by atoms with Crippen LogP contribution in [0.5, 0.6) is 0 Å². The lowest BCUT2D eigenvalue weighted by Gasteiger charge is -2.34. The van der Waals surface area contributed by atoms with Crippen molar-refractivity contribution in [1.82, 2.24) is 0 Å². The third kappa shape index (κ3) is 3.57. The normalized spacial score (nSPS) is 14.4. The molecule has 0 heterocycles. The molecule has 1 atom stereocenters. The molecule has 30 heavy (non-hydrogen) atoms. The summed E-state index contributed by atoms with van der Waals surface area (Å²) >= 11 is 0. The minimum Gasteiger partial charge on any atom is -0.289 e. The first-order valence-electron chi connectivity index (χ1n) is 10.5. The van der Waals surface area contributed by atoms with Crippen LogP contribution in [0.4, 0.5) is 0 Å². The fraction of sp³-hybridized carbons (Fsp3) is 0.207. The standard InChI is InChI=1S/C29H30O/c1-6-13-20-21(14-7-2)25(17-10-5)28-27(23(20)15-8-3)24(16-9-4)22-18-11-12-19-26(22)29(28)30/h6-12,18-19,24H,1-5,13-17H2. The van der Waals surface area contributed by atoms with E-state index in [2.05, 4.69) is 39.0 Å². The van der Waals surface area contributed by atoms with Crippen molar-refractivity contribution in [2.75, 3.05) is 0 Å². The zero-order valence-corrected chi connectivity index (χ0v) is 17.8. The van der Waals surface area contributed by atoms with Crippen LogP contribution in [0.2, 0.25) is 0 Å². The number of rotatable bonds is 10. The third-order valence-electron chi connectivity index (χ3n) is 5.94. The summed E-state index contributed by atoms with van der Waals surface area (Å²) in [5.74, 6) is 0.213. The summed E-state index contributed by atoms with van der Waals surface area (Å²) in [5.41, 5.74) is 8.60. The van der Waals surface area contributed by atoms with Crippen molar-refractivity contribution < 1.29 is 4.79 Å². The molecule has 1 nitrogen and oxygen atoms in total. The fourth-order valence-corrected chi connectivity index (χ4v) is 4.87. The second kappa shape index (κ2) is 9.54. The Kier molecular flexibility index (Phi) is 6.84. The van der Waals surface area contributed by atoms with Crippen LogP contribution >= 0.6 is 0 Å². The Bertz CT molecular complexity index is 1030. The van der Waals surface area contributed by atoms with Gasteiger partial charge in [0.15, 0.2) is 5.78 Å². The number of carbonyl (C=O) groups excluding carboxylic acids is 1. The van der Waals surface area contributed by atoms with Crippen molar-refractivity contribution in [2.24, 2.45) is 0 Å². The molecule has 3 rings (SSSR count). The van der Waals surface area contributed by atoms with Crippen LogP contribution in [0.1, 0.15) is 61.6 Å². The first kappa shape index (κ1) is 21.5. The lowest BCUT2D eigenvalue weighted by Crippen LogP contribution is -2.25. The first-order valence-corrected chi connectivity index (χ1v) is 10.5. The molecular weight excluding hydrogens is 364 g/mol. The van der Waals surface area contributed by atoms with Crippen molar-refractivity contribution in [3.8, 4) is 0 Å². The zero-order chi connectivity index (χ0) is 21.7. The molecule has 1 aliphatic carbocycles. The number of ketones is 1. The van der Waals surface area contributed by atoms with Gasteiger partial charge >= 0.3 is 0 Å². The molecule has 1 aliphatic rings. The minimum atomic E-state index is 0.103. The van der Waals surface area contributed by atoms with E-state index in [1.807, 2.05) is 48.6 Å².